The van der Waals surface area contributed by atoms with Crippen LogP contribution in [-0.2, 0) is 17.8 Å². The van der Waals surface area contributed by atoms with Crippen LogP contribution < -0.4 is 16.6 Å². The first-order chi connectivity index (χ1) is 13.0. The summed E-state index contributed by atoms with van der Waals surface area (Å²) in [4.78, 5) is 36.9. The number of fused-ring (bicyclic) bond motifs is 2. The number of primary amides is 1. The zero-order chi connectivity index (χ0) is 19.0. The van der Waals surface area contributed by atoms with Crippen LogP contribution in [-0.4, -0.2) is 21.6 Å². The number of rotatable bonds is 4. The Morgan fingerprint density at radius 2 is 1.81 bits per heavy atom. The molecule has 0 spiro atoms. The molecule has 0 saturated heterocycles. The Labute approximate surface area is 154 Å². The van der Waals surface area contributed by atoms with Gasteiger partial charge in [-0.25, -0.2) is 4.68 Å². The van der Waals surface area contributed by atoms with Gasteiger partial charge in [0.15, 0.2) is 5.69 Å². The number of benzene rings is 2. The van der Waals surface area contributed by atoms with Gasteiger partial charge in [-0.3, -0.25) is 14.4 Å². The summed E-state index contributed by atoms with van der Waals surface area (Å²) in [5.41, 5.74) is 7.26. The van der Waals surface area contributed by atoms with Gasteiger partial charge in [-0.15, -0.1) is 0 Å². The van der Waals surface area contributed by atoms with E-state index < -0.39 is 11.5 Å². The average Bonchev–Trinajstić information content (AvgIpc) is 3.07. The highest BCUT2D eigenvalue weighted by molar-refractivity contribution is 6.04. The maximum atomic E-state index is 12.6. The summed E-state index contributed by atoms with van der Waals surface area (Å²) in [5.74, 6) is -1.08. The van der Waals surface area contributed by atoms with E-state index in [-0.39, 0.29) is 24.2 Å². The molecule has 0 saturated carbocycles. The number of aryl methyl sites for hydroxylation is 1. The van der Waals surface area contributed by atoms with Crippen molar-refractivity contribution in [2.75, 3.05) is 0 Å². The highest BCUT2D eigenvalue weighted by atomic mass is 16.2. The molecular weight excluding hydrogens is 344 g/mol. The molecule has 136 valence electrons. The van der Waals surface area contributed by atoms with Gasteiger partial charge in [0.2, 0.25) is 5.91 Å². The summed E-state index contributed by atoms with van der Waals surface area (Å²) in [5, 5.41) is 7.67. The van der Waals surface area contributed by atoms with Crippen LogP contribution in [0.4, 0.5) is 0 Å². The molecule has 1 atom stereocenters. The van der Waals surface area contributed by atoms with Gasteiger partial charge in [0.05, 0.1) is 11.4 Å². The third-order valence-electron chi connectivity index (χ3n) is 4.86. The van der Waals surface area contributed by atoms with Crippen molar-refractivity contribution < 1.29 is 9.59 Å². The summed E-state index contributed by atoms with van der Waals surface area (Å²) in [7, 11) is 0. The minimum Gasteiger partial charge on any atom is -0.364 e. The number of nitrogens with zero attached hydrogens (tertiary/aromatic N) is 2. The van der Waals surface area contributed by atoms with Crippen LogP contribution in [0.5, 0.6) is 0 Å². The van der Waals surface area contributed by atoms with Crippen molar-refractivity contribution in [3.05, 3.63) is 75.7 Å². The van der Waals surface area contributed by atoms with Crippen LogP contribution in [0, 0.1) is 0 Å². The molecule has 0 unspecified atom stereocenters. The van der Waals surface area contributed by atoms with Gasteiger partial charge >= 0.3 is 0 Å². The van der Waals surface area contributed by atoms with E-state index in [0.717, 1.165) is 23.1 Å². The van der Waals surface area contributed by atoms with E-state index in [0.29, 0.717) is 10.8 Å². The molecule has 2 aromatic carbocycles. The van der Waals surface area contributed by atoms with E-state index in [1.54, 1.807) is 24.3 Å². The Kier molecular flexibility index (Phi) is 4.19. The first kappa shape index (κ1) is 17.0. The second-order valence-corrected chi connectivity index (χ2v) is 6.58. The molecule has 3 N–H and O–H groups in total. The summed E-state index contributed by atoms with van der Waals surface area (Å²) >= 11 is 0. The summed E-state index contributed by atoms with van der Waals surface area (Å²) < 4.78 is 0.999. The lowest BCUT2D eigenvalue weighted by molar-refractivity contribution is -0.122. The number of nitrogens with one attached hydrogen (secondary N) is 1. The molecule has 2 amide bonds. The van der Waals surface area contributed by atoms with Crippen molar-refractivity contribution in [3.8, 4) is 0 Å². The van der Waals surface area contributed by atoms with Crippen LogP contribution >= 0.6 is 0 Å². The van der Waals surface area contributed by atoms with E-state index in [1.807, 2.05) is 18.2 Å². The molecule has 1 heterocycles. The zero-order valence-corrected chi connectivity index (χ0v) is 14.5. The average molecular weight is 362 g/mol. The van der Waals surface area contributed by atoms with E-state index in [1.165, 1.54) is 5.56 Å². The number of amides is 2. The highest BCUT2D eigenvalue weighted by Gasteiger charge is 2.24. The fourth-order valence-corrected chi connectivity index (χ4v) is 3.61. The molecule has 7 heteroatoms. The van der Waals surface area contributed by atoms with Crippen molar-refractivity contribution in [1.29, 1.82) is 0 Å². The van der Waals surface area contributed by atoms with Crippen LogP contribution in [0.1, 0.15) is 34.1 Å². The number of nitrogens with two attached hydrogens (primary N) is 1. The normalized spacial score (nSPS) is 15.5. The monoisotopic (exact) mass is 362 g/mol. The van der Waals surface area contributed by atoms with Crippen molar-refractivity contribution in [3.63, 3.8) is 0 Å². The Morgan fingerprint density at radius 3 is 2.59 bits per heavy atom. The summed E-state index contributed by atoms with van der Waals surface area (Å²) in [6, 6.07) is 14.5. The van der Waals surface area contributed by atoms with Crippen molar-refractivity contribution >= 4 is 22.6 Å². The topological polar surface area (TPSA) is 107 Å². The molecule has 0 fully saturated rings. The Morgan fingerprint density at radius 1 is 1.11 bits per heavy atom. The minimum absolute atomic E-state index is 0.0239. The minimum atomic E-state index is -0.745. The van der Waals surface area contributed by atoms with E-state index >= 15 is 0 Å². The number of hydrogen-bond acceptors (Lipinski definition) is 4. The molecule has 1 aromatic heterocycles. The summed E-state index contributed by atoms with van der Waals surface area (Å²) in [6.07, 6.45) is 1.72. The van der Waals surface area contributed by atoms with Crippen molar-refractivity contribution in [2.24, 2.45) is 5.73 Å². The fourth-order valence-electron chi connectivity index (χ4n) is 3.61. The lowest BCUT2D eigenvalue weighted by atomic mass is 10.1. The van der Waals surface area contributed by atoms with Crippen LogP contribution in [0.15, 0.2) is 53.3 Å². The van der Waals surface area contributed by atoms with Gasteiger partial charge in [0, 0.05) is 5.39 Å². The predicted octanol–water partition coefficient (Wildman–Crippen LogP) is 1.30. The number of aromatic nitrogens is 2. The molecule has 0 bridgehead atoms. The molecule has 1 aliphatic carbocycles. The van der Waals surface area contributed by atoms with Crippen LogP contribution in [0.25, 0.3) is 10.8 Å². The van der Waals surface area contributed by atoms with Gasteiger partial charge in [-0.05, 0) is 30.0 Å². The molecule has 0 aliphatic heterocycles. The smallest absolute Gasteiger partial charge is 0.275 e. The number of carbonyl (C=O) groups excluding carboxylic acids is 2. The Hall–Kier alpha value is -3.48. The Balaban J connectivity index is 1.62. The van der Waals surface area contributed by atoms with Crippen molar-refractivity contribution in [1.82, 2.24) is 15.1 Å². The second-order valence-electron chi connectivity index (χ2n) is 6.58. The third kappa shape index (κ3) is 3.08. The molecule has 4 rings (SSSR count). The first-order valence-corrected chi connectivity index (χ1v) is 8.71. The molecule has 3 aromatic rings. The highest BCUT2D eigenvalue weighted by Crippen LogP contribution is 2.30. The molecule has 27 heavy (non-hydrogen) atoms. The zero-order valence-electron chi connectivity index (χ0n) is 14.5. The quantitative estimate of drug-likeness (QED) is 0.729. The van der Waals surface area contributed by atoms with Gasteiger partial charge < -0.3 is 11.1 Å². The number of hydrogen-bond donors (Lipinski definition) is 2. The first-order valence-electron chi connectivity index (χ1n) is 8.71. The number of carbonyl (C=O) groups is 2. The lowest BCUT2D eigenvalue weighted by Gasteiger charge is -2.15. The van der Waals surface area contributed by atoms with Crippen LogP contribution in [0.3, 0.4) is 0 Å². The van der Waals surface area contributed by atoms with Gasteiger partial charge in [-0.1, -0.05) is 42.5 Å². The van der Waals surface area contributed by atoms with Gasteiger partial charge in [0.1, 0.15) is 6.54 Å². The molecular formula is C20H18N4O3. The van der Waals surface area contributed by atoms with Gasteiger partial charge in [0.25, 0.3) is 11.5 Å². The molecule has 1 aliphatic rings. The SMILES string of the molecule is NC(=O)c1nn(CC(=O)N[C@@H]2CCc3ccccc32)c(=O)c2ccccc12. The maximum absolute atomic E-state index is 12.6. The van der Waals surface area contributed by atoms with E-state index in [4.69, 9.17) is 5.73 Å². The summed E-state index contributed by atoms with van der Waals surface area (Å²) in [6.45, 7) is -0.275. The predicted molar refractivity (Wildman–Crippen MR) is 100 cm³/mol. The lowest BCUT2D eigenvalue weighted by Crippen LogP contribution is -2.36. The largest absolute Gasteiger partial charge is 0.364 e. The maximum Gasteiger partial charge on any atom is 0.275 e. The second kappa shape index (κ2) is 6.68. The van der Waals surface area contributed by atoms with E-state index in [9.17, 15) is 14.4 Å². The van der Waals surface area contributed by atoms with Gasteiger partial charge in [-0.2, -0.15) is 5.10 Å². The molecule has 7 nitrogen and oxygen atoms in total. The van der Waals surface area contributed by atoms with Crippen LogP contribution in [0.2, 0.25) is 0 Å². The van der Waals surface area contributed by atoms with E-state index in [2.05, 4.69) is 16.5 Å². The standard InChI is InChI=1S/C20H18N4O3/c21-19(26)18-14-7-3-4-8-15(14)20(27)24(23-18)11-17(25)22-16-10-9-12-5-1-2-6-13(12)16/h1-8,16H,9-11H2,(H2,21,26)(H,22,25)/t16-/m1/s1. The molecule has 0 radical (unpaired) electrons. The van der Waals surface area contributed by atoms with Crippen molar-refractivity contribution in [2.45, 2.75) is 25.4 Å². The third-order valence-corrected chi connectivity index (χ3v) is 4.86. The fraction of sp³-hybridized carbons (Fsp3) is 0.200. The Bertz CT molecular complexity index is 1120.